The van der Waals surface area contributed by atoms with E-state index < -0.39 is 0 Å². The summed E-state index contributed by atoms with van der Waals surface area (Å²) < 4.78 is 10.7. The van der Waals surface area contributed by atoms with Gasteiger partial charge in [-0.2, -0.15) is 0 Å². The zero-order valence-electron chi connectivity index (χ0n) is 18.9. The zero-order valence-corrected chi connectivity index (χ0v) is 18.9. The van der Waals surface area contributed by atoms with Gasteiger partial charge in [0.1, 0.15) is 6.61 Å². The van der Waals surface area contributed by atoms with Gasteiger partial charge in [0.25, 0.3) is 0 Å². The van der Waals surface area contributed by atoms with E-state index in [0.717, 1.165) is 11.3 Å². The molecule has 1 aromatic rings. The molecule has 158 valence electrons. The Balaban J connectivity index is 2.06. The summed E-state index contributed by atoms with van der Waals surface area (Å²) in [5.41, 5.74) is 5.53. The molecule has 0 aromatic heterocycles. The maximum absolute atomic E-state index is 11.3. The Kier molecular flexibility index (Phi) is 7.51. The van der Waals surface area contributed by atoms with Crippen molar-refractivity contribution in [1.82, 2.24) is 0 Å². The van der Waals surface area contributed by atoms with Crippen LogP contribution in [0.1, 0.15) is 77.0 Å². The van der Waals surface area contributed by atoms with Crippen LogP contribution in [-0.4, -0.2) is 13.1 Å². The molecule has 1 aliphatic carbocycles. The van der Waals surface area contributed by atoms with E-state index in [9.17, 15) is 4.79 Å². The monoisotopic (exact) mass is 396 g/mol. The molecular weight excluding hydrogens is 360 g/mol. The van der Waals surface area contributed by atoms with E-state index in [1.807, 2.05) is 19.1 Å². The number of carbonyl (C=O) groups excluding carboxylic acids is 1. The quantitative estimate of drug-likeness (QED) is 0.285. The first-order chi connectivity index (χ1) is 13.6. The van der Waals surface area contributed by atoms with Crippen LogP contribution in [0.5, 0.6) is 0 Å². The van der Waals surface area contributed by atoms with E-state index in [4.69, 9.17) is 4.74 Å². The smallest absolute Gasteiger partial charge is 0.305 e. The molecule has 0 spiro atoms. The number of allylic oxidation sites excluding steroid dienone is 5. The molecule has 0 N–H and O–H groups in total. The molecule has 3 nitrogen and oxygen atoms in total. The number of hydrogen-bond donors (Lipinski definition) is 0. The van der Waals surface area contributed by atoms with Crippen molar-refractivity contribution in [2.24, 2.45) is 0 Å². The lowest BCUT2D eigenvalue weighted by atomic mass is 9.63. The Morgan fingerprint density at radius 2 is 1.72 bits per heavy atom. The van der Waals surface area contributed by atoms with E-state index in [-0.39, 0.29) is 16.8 Å². The number of fused-ring (bicyclic) bond motifs is 1. The second kappa shape index (κ2) is 9.47. The third-order valence-electron chi connectivity index (χ3n) is 6.02. The van der Waals surface area contributed by atoms with Gasteiger partial charge < -0.3 is 9.47 Å². The molecule has 2 rings (SSSR count). The van der Waals surface area contributed by atoms with Gasteiger partial charge in [-0.3, -0.25) is 4.79 Å². The fourth-order valence-electron chi connectivity index (χ4n) is 3.80. The zero-order chi connectivity index (χ0) is 21.7. The molecule has 29 heavy (non-hydrogen) atoms. The molecule has 3 heteroatoms. The van der Waals surface area contributed by atoms with Gasteiger partial charge in [0, 0.05) is 6.42 Å². The van der Waals surface area contributed by atoms with E-state index >= 15 is 0 Å². The van der Waals surface area contributed by atoms with Crippen molar-refractivity contribution in [3.8, 4) is 0 Å². The Morgan fingerprint density at radius 1 is 1.07 bits per heavy atom. The van der Waals surface area contributed by atoms with Gasteiger partial charge in [-0.15, -0.1) is 0 Å². The van der Waals surface area contributed by atoms with Crippen molar-refractivity contribution < 1.29 is 14.3 Å². The van der Waals surface area contributed by atoms with Gasteiger partial charge in [-0.25, -0.2) is 0 Å². The van der Waals surface area contributed by atoms with Crippen LogP contribution in [-0.2, 0) is 31.7 Å². The summed E-state index contributed by atoms with van der Waals surface area (Å²) in [6.07, 6.45) is 9.03. The van der Waals surface area contributed by atoms with Crippen LogP contribution in [0.15, 0.2) is 54.3 Å². The fraction of sp³-hybridized carbons (Fsp3) is 0.500. The summed E-state index contributed by atoms with van der Waals surface area (Å²) in [4.78, 5) is 11.3. The highest BCUT2D eigenvalue weighted by Crippen LogP contribution is 2.45. The van der Waals surface area contributed by atoms with Crippen LogP contribution in [0.25, 0.3) is 0 Å². The normalized spacial score (nSPS) is 18.0. The maximum Gasteiger partial charge on any atom is 0.305 e. The highest BCUT2D eigenvalue weighted by Gasteiger charge is 2.36. The lowest BCUT2D eigenvalue weighted by molar-refractivity contribution is -0.140. The molecule has 1 aliphatic rings. The van der Waals surface area contributed by atoms with Crippen molar-refractivity contribution in [2.45, 2.75) is 77.7 Å². The summed E-state index contributed by atoms with van der Waals surface area (Å²) in [6, 6.07) is 6.80. The third-order valence-corrected chi connectivity index (χ3v) is 6.02. The molecular formula is C26H36O3. The summed E-state index contributed by atoms with van der Waals surface area (Å²) in [7, 11) is 1.40. The first-order valence-corrected chi connectivity index (χ1v) is 10.4. The Labute approximate surface area is 176 Å². The maximum atomic E-state index is 11.3. The highest BCUT2D eigenvalue weighted by atomic mass is 16.5. The molecule has 0 saturated heterocycles. The predicted octanol–water partition coefficient (Wildman–Crippen LogP) is 6.52. The lowest BCUT2D eigenvalue weighted by Gasteiger charge is -2.42. The topological polar surface area (TPSA) is 35.5 Å². The SMILES string of the molecule is C=C/C(=C\C=C(/C)OCc1ccc2c(c1)C(C)(C)CCC2(C)C)CCC(=O)OC. The molecule has 1 aromatic carbocycles. The van der Waals surface area contributed by atoms with E-state index in [1.165, 1.54) is 36.6 Å². The van der Waals surface area contributed by atoms with Crippen molar-refractivity contribution in [3.63, 3.8) is 0 Å². The molecule has 0 fully saturated rings. The lowest BCUT2D eigenvalue weighted by Crippen LogP contribution is -2.33. The van der Waals surface area contributed by atoms with Gasteiger partial charge >= 0.3 is 5.97 Å². The number of rotatable bonds is 8. The van der Waals surface area contributed by atoms with E-state index in [2.05, 4.69) is 57.2 Å². The molecule has 0 unspecified atom stereocenters. The second-order valence-corrected chi connectivity index (χ2v) is 9.24. The van der Waals surface area contributed by atoms with Gasteiger partial charge in [0.15, 0.2) is 0 Å². The van der Waals surface area contributed by atoms with Gasteiger partial charge in [-0.05, 0) is 65.4 Å². The van der Waals surface area contributed by atoms with Gasteiger partial charge in [-0.1, -0.05) is 64.6 Å². The molecule has 0 saturated carbocycles. The number of esters is 1. The highest BCUT2D eigenvalue weighted by molar-refractivity contribution is 5.69. The van der Waals surface area contributed by atoms with E-state index in [1.54, 1.807) is 6.08 Å². The molecule has 0 radical (unpaired) electrons. The second-order valence-electron chi connectivity index (χ2n) is 9.24. The largest absolute Gasteiger partial charge is 0.494 e. The Morgan fingerprint density at radius 3 is 2.34 bits per heavy atom. The molecule has 0 heterocycles. The van der Waals surface area contributed by atoms with Crippen molar-refractivity contribution in [1.29, 1.82) is 0 Å². The van der Waals surface area contributed by atoms with Crippen LogP contribution in [0, 0.1) is 0 Å². The molecule has 0 bridgehead atoms. The first-order valence-electron chi connectivity index (χ1n) is 10.4. The number of hydrogen-bond acceptors (Lipinski definition) is 3. The van der Waals surface area contributed by atoms with Crippen LogP contribution >= 0.6 is 0 Å². The minimum absolute atomic E-state index is 0.201. The summed E-state index contributed by atoms with van der Waals surface area (Å²) in [5, 5.41) is 0. The number of benzene rings is 1. The first kappa shape index (κ1) is 23.0. The Hall–Kier alpha value is -2.29. The molecule has 0 atom stereocenters. The van der Waals surface area contributed by atoms with Crippen LogP contribution in [0.3, 0.4) is 0 Å². The summed E-state index contributed by atoms with van der Waals surface area (Å²) >= 11 is 0. The van der Waals surface area contributed by atoms with E-state index in [0.29, 0.717) is 19.4 Å². The minimum Gasteiger partial charge on any atom is -0.494 e. The average molecular weight is 397 g/mol. The summed E-state index contributed by atoms with van der Waals surface area (Å²) in [5.74, 6) is 0.618. The molecule has 0 aliphatic heterocycles. The minimum atomic E-state index is -0.215. The van der Waals surface area contributed by atoms with Gasteiger partial charge in [0.05, 0.1) is 12.9 Å². The standard InChI is InChI=1S/C26H36O3/c1-8-20(12-14-24(27)28-7)10-9-19(2)29-18-21-11-13-22-23(17-21)26(5,6)16-15-25(22,3)4/h8-11,13,17H,1,12,14-16,18H2,2-7H3/b19-9+,20-10+. The Bertz CT molecular complexity index is 809. The van der Waals surface area contributed by atoms with Crippen LogP contribution < -0.4 is 0 Å². The predicted molar refractivity (Wildman–Crippen MR) is 120 cm³/mol. The number of methoxy groups -OCH3 is 1. The van der Waals surface area contributed by atoms with Gasteiger partial charge in [0.2, 0.25) is 0 Å². The van der Waals surface area contributed by atoms with Crippen molar-refractivity contribution in [2.75, 3.05) is 7.11 Å². The number of carbonyl (C=O) groups is 1. The van der Waals surface area contributed by atoms with Crippen LogP contribution in [0.4, 0.5) is 0 Å². The average Bonchev–Trinajstić information content (AvgIpc) is 2.69. The number of ether oxygens (including phenoxy) is 2. The van der Waals surface area contributed by atoms with Crippen LogP contribution in [0.2, 0.25) is 0 Å². The third kappa shape index (κ3) is 6.09. The van der Waals surface area contributed by atoms with Crippen molar-refractivity contribution in [3.05, 3.63) is 71.0 Å². The van der Waals surface area contributed by atoms with Crippen molar-refractivity contribution >= 4 is 5.97 Å². The molecule has 0 amide bonds. The fourth-order valence-corrected chi connectivity index (χ4v) is 3.80. The summed E-state index contributed by atoms with van der Waals surface area (Å²) in [6.45, 7) is 15.7.